The van der Waals surface area contributed by atoms with Gasteiger partial charge in [0.1, 0.15) is 17.3 Å². The number of hydrogen-bond acceptors (Lipinski definition) is 6. The van der Waals surface area contributed by atoms with Crippen LogP contribution in [0.1, 0.15) is 61.8 Å². The lowest BCUT2D eigenvalue weighted by Crippen LogP contribution is -2.34. The molecule has 0 saturated heterocycles. The topological polar surface area (TPSA) is 67.3 Å². The normalized spacial score (nSPS) is 27.4. The lowest BCUT2D eigenvalue weighted by atomic mass is 9.93. The summed E-state index contributed by atoms with van der Waals surface area (Å²) in [5.74, 6) is 1.16. The maximum Gasteiger partial charge on any atom is 0.225 e. The summed E-state index contributed by atoms with van der Waals surface area (Å²) in [7, 11) is 2.04. The average Bonchev–Trinajstić information content (AvgIpc) is 3.15. The summed E-state index contributed by atoms with van der Waals surface area (Å²) in [5.41, 5.74) is 1.35. The van der Waals surface area contributed by atoms with Crippen LogP contribution in [0.5, 0.6) is 5.88 Å². The van der Waals surface area contributed by atoms with Crippen LogP contribution < -0.4 is 10.1 Å². The van der Waals surface area contributed by atoms with Gasteiger partial charge in [0.15, 0.2) is 0 Å². The zero-order valence-electron chi connectivity index (χ0n) is 15.0. The highest BCUT2D eigenvalue weighted by atomic mass is 32.1. The van der Waals surface area contributed by atoms with E-state index in [1.165, 1.54) is 10.4 Å². The van der Waals surface area contributed by atoms with E-state index >= 15 is 0 Å². The van der Waals surface area contributed by atoms with Gasteiger partial charge in [-0.25, -0.2) is 9.97 Å². The third kappa shape index (κ3) is 3.39. The van der Waals surface area contributed by atoms with Crippen molar-refractivity contribution in [1.29, 1.82) is 0 Å². The van der Waals surface area contributed by atoms with Gasteiger partial charge >= 0.3 is 0 Å². The largest absolute Gasteiger partial charge is 0.474 e. The molecule has 1 fully saturated rings. The Balaban J connectivity index is 1.62. The third-order valence-corrected chi connectivity index (χ3v) is 6.86. The van der Waals surface area contributed by atoms with E-state index < -0.39 is 0 Å². The summed E-state index contributed by atoms with van der Waals surface area (Å²) in [6, 6.07) is 0.617. The molecule has 2 aromatic rings. The minimum absolute atomic E-state index is 0.245. The summed E-state index contributed by atoms with van der Waals surface area (Å²) < 4.78 is 6.36. The zero-order chi connectivity index (χ0) is 17.4. The number of hydrogen-bond donors (Lipinski definition) is 2. The van der Waals surface area contributed by atoms with Crippen LogP contribution >= 0.6 is 11.3 Å². The fourth-order valence-corrected chi connectivity index (χ4v) is 5.64. The monoisotopic (exact) mass is 361 g/mol. The Morgan fingerprint density at radius 1 is 1.28 bits per heavy atom. The zero-order valence-corrected chi connectivity index (χ0v) is 15.8. The van der Waals surface area contributed by atoms with Gasteiger partial charge in [0.2, 0.25) is 5.88 Å². The van der Waals surface area contributed by atoms with Crippen molar-refractivity contribution in [3.8, 4) is 5.88 Å². The smallest absolute Gasteiger partial charge is 0.225 e. The second-order valence-corrected chi connectivity index (χ2v) is 8.58. The summed E-state index contributed by atoms with van der Waals surface area (Å²) in [6.07, 6.45) is 9.05. The molecule has 0 amide bonds. The minimum Gasteiger partial charge on any atom is -0.474 e. The number of nitrogens with zero attached hydrogens (tertiary/aromatic N) is 2. The highest BCUT2D eigenvalue weighted by Gasteiger charge is 2.31. The molecule has 2 aliphatic rings. The molecule has 2 heterocycles. The fraction of sp³-hybridized carbons (Fsp3) is 0.684. The summed E-state index contributed by atoms with van der Waals surface area (Å²) >= 11 is 1.77. The maximum atomic E-state index is 9.86. The summed E-state index contributed by atoms with van der Waals surface area (Å²) in [4.78, 5) is 11.4. The van der Waals surface area contributed by atoms with Gasteiger partial charge in [-0.15, -0.1) is 11.3 Å². The van der Waals surface area contributed by atoms with Gasteiger partial charge in [-0.05, 0) is 70.4 Å². The van der Waals surface area contributed by atoms with E-state index in [9.17, 15) is 5.11 Å². The van der Waals surface area contributed by atoms with Crippen molar-refractivity contribution in [2.75, 3.05) is 7.05 Å². The van der Waals surface area contributed by atoms with Crippen LogP contribution in [0.15, 0.2) is 6.33 Å². The molecule has 0 radical (unpaired) electrons. The van der Waals surface area contributed by atoms with Gasteiger partial charge in [-0.1, -0.05) is 0 Å². The molecule has 0 aliphatic heterocycles. The molecular formula is C19H27N3O2S. The molecule has 0 bridgehead atoms. The highest BCUT2D eigenvalue weighted by molar-refractivity contribution is 7.19. The number of rotatable bonds is 5. The minimum atomic E-state index is -0.281. The molecule has 0 spiro atoms. The van der Waals surface area contributed by atoms with Crippen LogP contribution in [0.4, 0.5) is 0 Å². The van der Waals surface area contributed by atoms with Gasteiger partial charge in [0.25, 0.3) is 0 Å². The van der Waals surface area contributed by atoms with Crippen LogP contribution in [0, 0.1) is 0 Å². The standard InChI is InChI=1S/C19H27N3O2S/c1-11(23)9-12-3-8-15-16(12)17-18(21-10-22-19(17)25-15)24-14-6-4-13(20-2)5-7-14/h10-14,20,23H,3-9H2,1-2H3/t11?,12-,13-,14-/m1/s1. The Bertz CT molecular complexity index is 738. The molecule has 6 heteroatoms. The molecule has 1 unspecified atom stereocenters. The van der Waals surface area contributed by atoms with Gasteiger partial charge in [0, 0.05) is 10.9 Å². The molecule has 1 saturated carbocycles. The van der Waals surface area contributed by atoms with Crippen LogP contribution in [-0.2, 0) is 6.42 Å². The van der Waals surface area contributed by atoms with E-state index in [-0.39, 0.29) is 12.2 Å². The Morgan fingerprint density at radius 3 is 2.80 bits per heavy atom. The molecule has 2 atom stereocenters. The number of aromatic nitrogens is 2. The van der Waals surface area contributed by atoms with Gasteiger partial charge in [-0.3, -0.25) is 0 Å². The number of aliphatic hydroxyl groups is 1. The first kappa shape index (κ1) is 17.2. The number of thiophene rings is 1. The van der Waals surface area contributed by atoms with Gasteiger partial charge in [0.05, 0.1) is 11.5 Å². The van der Waals surface area contributed by atoms with Crippen molar-refractivity contribution in [1.82, 2.24) is 15.3 Å². The first-order valence-corrected chi connectivity index (χ1v) is 10.3. The molecule has 0 aromatic carbocycles. The van der Waals surface area contributed by atoms with Gasteiger partial charge in [-0.2, -0.15) is 0 Å². The van der Waals surface area contributed by atoms with Crippen molar-refractivity contribution < 1.29 is 9.84 Å². The van der Waals surface area contributed by atoms with E-state index in [1.54, 1.807) is 17.7 Å². The molecule has 2 N–H and O–H groups in total. The van der Waals surface area contributed by atoms with Crippen molar-refractivity contribution in [2.24, 2.45) is 0 Å². The van der Waals surface area contributed by atoms with Crippen LogP contribution in [-0.4, -0.2) is 40.4 Å². The molecule has 4 rings (SSSR count). The Kier molecular flexibility index (Phi) is 4.93. The SMILES string of the molecule is CN[C@H]1CC[C@H](Oc2ncnc3sc4c(c23)[C@@H](CC(C)O)CC4)CC1. The van der Waals surface area contributed by atoms with E-state index in [0.29, 0.717) is 12.0 Å². The number of nitrogens with one attached hydrogen (secondary N) is 1. The predicted molar refractivity (Wildman–Crippen MR) is 101 cm³/mol. The van der Waals surface area contributed by atoms with Crippen LogP contribution in [0.25, 0.3) is 10.2 Å². The Morgan fingerprint density at radius 2 is 2.08 bits per heavy atom. The summed E-state index contributed by atoms with van der Waals surface area (Å²) in [5, 5.41) is 14.3. The molecule has 25 heavy (non-hydrogen) atoms. The van der Waals surface area contributed by atoms with Crippen molar-refractivity contribution in [2.45, 2.75) is 76.0 Å². The lowest BCUT2D eigenvalue weighted by Gasteiger charge is -2.28. The lowest BCUT2D eigenvalue weighted by molar-refractivity contribution is 0.137. The van der Waals surface area contributed by atoms with E-state index in [4.69, 9.17) is 4.74 Å². The quantitative estimate of drug-likeness (QED) is 0.854. The highest BCUT2D eigenvalue weighted by Crippen LogP contribution is 2.47. The van der Waals surface area contributed by atoms with Gasteiger partial charge < -0.3 is 15.2 Å². The first-order chi connectivity index (χ1) is 12.2. The predicted octanol–water partition coefficient (Wildman–Crippen LogP) is 3.40. The molecular weight excluding hydrogens is 334 g/mol. The Hall–Kier alpha value is -1.24. The molecule has 136 valence electrons. The van der Waals surface area contributed by atoms with E-state index in [2.05, 4.69) is 15.3 Å². The number of fused-ring (bicyclic) bond motifs is 3. The molecule has 2 aromatic heterocycles. The average molecular weight is 362 g/mol. The number of aliphatic hydroxyl groups excluding tert-OH is 1. The van der Waals surface area contributed by atoms with Crippen LogP contribution in [0.2, 0.25) is 0 Å². The maximum absolute atomic E-state index is 9.86. The Labute approximate surface area is 152 Å². The number of ether oxygens (including phenoxy) is 1. The first-order valence-electron chi connectivity index (χ1n) is 9.44. The second kappa shape index (κ2) is 7.17. The van der Waals surface area contributed by atoms with Crippen molar-refractivity contribution >= 4 is 21.6 Å². The third-order valence-electron chi connectivity index (χ3n) is 5.68. The van der Waals surface area contributed by atoms with E-state index in [0.717, 1.165) is 61.0 Å². The molecule has 5 nitrogen and oxygen atoms in total. The van der Waals surface area contributed by atoms with E-state index in [1.807, 2.05) is 14.0 Å². The summed E-state index contributed by atoms with van der Waals surface area (Å²) in [6.45, 7) is 1.88. The fourth-order valence-electron chi connectivity index (χ4n) is 4.40. The van der Waals surface area contributed by atoms with Crippen LogP contribution in [0.3, 0.4) is 0 Å². The second-order valence-electron chi connectivity index (χ2n) is 7.50. The van der Waals surface area contributed by atoms with Crippen molar-refractivity contribution in [3.63, 3.8) is 0 Å². The number of aryl methyl sites for hydroxylation is 1. The molecule has 2 aliphatic carbocycles. The van der Waals surface area contributed by atoms with Crippen molar-refractivity contribution in [3.05, 3.63) is 16.8 Å².